The van der Waals surface area contributed by atoms with Gasteiger partial charge in [0.2, 0.25) is 11.9 Å². The van der Waals surface area contributed by atoms with Crippen LogP contribution in [0.3, 0.4) is 0 Å². The van der Waals surface area contributed by atoms with Crippen molar-refractivity contribution in [3.05, 3.63) is 5.82 Å². The second-order valence-electron chi connectivity index (χ2n) is 20.6. The van der Waals surface area contributed by atoms with Gasteiger partial charge in [-0.25, -0.2) is 0 Å². The summed E-state index contributed by atoms with van der Waals surface area (Å²) in [5.74, 6) is 2.44. The van der Waals surface area contributed by atoms with Crippen LogP contribution in [0, 0.1) is 6.92 Å². The number of anilines is 2. The zero-order valence-corrected chi connectivity index (χ0v) is 40.2. The number of aryl methyl sites for hydroxylation is 1. The average molecular weight is 817 g/mol. The minimum absolute atomic E-state index is 0.0577. The quantitative estimate of drug-likeness (QED) is 0.118. The molecule has 13 nitrogen and oxygen atoms in total. The summed E-state index contributed by atoms with van der Waals surface area (Å²) in [4.78, 5) is 27.0. The van der Waals surface area contributed by atoms with Gasteiger partial charge < -0.3 is 50.5 Å². The number of likely N-dealkylation sites (N-methyl/N-ethyl adjacent to an activating group) is 2. The van der Waals surface area contributed by atoms with Crippen molar-refractivity contribution >= 4 is 11.9 Å². The number of unbranched alkanes of at least 4 members (excludes halogenated alkanes) is 3. The van der Waals surface area contributed by atoms with E-state index < -0.39 is 0 Å². The smallest absolute Gasteiger partial charge is 0.230 e. The molecule has 0 unspecified atom stereocenters. The number of nitrogens with one attached hydrogen (secondary N) is 4. The highest BCUT2D eigenvalue weighted by atomic mass is 16.5. The van der Waals surface area contributed by atoms with Gasteiger partial charge >= 0.3 is 0 Å². The van der Waals surface area contributed by atoms with Crippen LogP contribution in [0.1, 0.15) is 125 Å². The van der Waals surface area contributed by atoms with Crippen LogP contribution in [-0.2, 0) is 4.74 Å². The van der Waals surface area contributed by atoms with Gasteiger partial charge in [0, 0.05) is 67.0 Å². The molecule has 58 heavy (non-hydrogen) atoms. The second kappa shape index (κ2) is 24.1. The van der Waals surface area contributed by atoms with Gasteiger partial charge in [-0.05, 0) is 182 Å². The lowest BCUT2D eigenvalue weighted by atomic mass is 9.79. The Kier molecular flexibility index (Phi) is 21.0. The Bertz CT molecular complexity index is 1240. The lowest BCUT2D eigenvalue weighted by Gasteiger charge is -2.49. The fourth-order valence-electron chi connectivity index (χ4n) is 9.80. The van der Waals surface area contributed by atoms with Crippen LogP contribution in [0.4, 0.5) is 11.9 Å². The molecule has 3 aliphatic heterocycles. The van der Waals surface area contributed by atoms with Crippen molar-refractivity contribution in [2.24, 2.45) is 0 Å². The van der Waals surface area contributed by atoms with Gasteiger partial charge in [-0.2, -0.15) is 15.0 Å². The first kappa shape index (κ1) is 50.6. The van der Waals surface area contributed by atoms with Gasteiger partial charge in [-0.15, -0.1) is 0 Å². The van der Waals surface area contributed by atoms with Crippen LogP contribution in [0.5, 0.6) is 0 Å². The van der Waals surface area contributed by atoms with E-state index in [4.69, 9.17) is 19.7 Å². The molecule has 3 saturated heterocycles. The molecule has 1 aromatic rings. The lowest BCUT2D eigenvalue weighted by Crippen LogP contribution is -2.62. The number of rotatable bonds is 22. The van der Waals surface area contributed by atoms with Gasteiger partial charge in [-0.1, -0.05) is 12.8 Å². The maximum absolute atomic E-state index is 5.59. The van der Waals surface area contributed by atoms with E-state index in [0.717, 1.165) is 82.9 Å². The molecule has 4 heterocycles. The predicted molar refractivity (Wildman–Crippen MR) is 247 cm³/mol. The van der Waals surface area contributed by atoms with Crippen molar-refractivity contribution in [2.75, 3.05) is 124 Å². The van der Waals surface area contributed by atoms with E-state index in [1.807, 2.05) is 21.0 Å². The van der Waals surface area contributed by atoms with E-state index >= 15 is 0 Å². The number of morpholine rings is 1. The molecule has 0 aliphatic carbocycles. The van der Waals surface area contributed by atoms with Crippen molar-refractivity contribution in [1.29, 1.82) is 0 Å². The Morgan fingerprint density at radius 3 is 1.55 bits per heavy atom. The SMILES string of the molecule is CNCCCN(C)CCN(C)CCCNC.Cc1nc(N2CCOCC2)nc(N(CCCCCCN(C)C2CC(C)(C)NC(C)(C)C2)C2CC(C)(C)NC(C)(C)C2)n1. The summed E-state index contributed by atoms with van der Waals surface area (Å²) in [7, 11) is 10.8. The monoisotopic (exact) mass is 817 g/mol. The standard InChI is InChI=1S/C33H62N8O.C12H30N4/c1-25-34-28(40-17-19-42-20-18-40)36-29(35-25)41(27-23-32(6,7)38-33(8,9)24-27)16-14-12-11-13-15-39(10)26-21-30(2,3)37-31(4,5)22-26;1-13-7-5-9-15(3)11-12-16(4)10-6-8-14-2/h26-27,37-38H,11-24H2,1-10H3;13-14H,5-12H2,1-4H3. The molecular formula is C45H92N12O. The molecule has 0 saturated carbocycles. The summed E-state index contributed by atoms with van der Waals surface area (Å²) in [6.45, 7) is 32.9. The van der Waals surface area contributed by atoms with Crippen LogP contribution in [0.25, 0.3) is 0 Å². The molecule has 0 amide bonds. The second-order valence-corrected chi connectivity index (χ2v) is 20.6. The minimum atomic E-state index is 0.0577. The van der Waals surface area contributed by atoms with E-state index in [1.165, 1.54) is 77.7 Å². The molecule has 4 N–H and O–H groups in total. The molecule has 3 aliphatic rings. The number of hydrogen-bond donors (Lipinski definition) is 4. The van der Waals surface area contributed by atoms with Gasteiger partial charge in [-0.3, -0.25) is 0 Å². The Hall–Kier alpha value is -1.71. The first-order valence-electron chi connectivity index (χ1n) is 23.0. The van der Waals surface area contributed by atoms with Crippen molar-refractivity contribution in [3.8, 4) is 0 Å². The Morgan fingerprint density at radius 1 is 0.603 bits per heavy atom. The lowest BCUT2D eigenvalue weighted by molar-refractivity contribution is 0.0805. The fraction of sp³-hybridized carbons (Fsp3) is 0.933. The highest BCUT2D eigenvalue weighted by Gasteiger charge is 2.41. The summed E-state index contributed by atoms with van der Waals surface area (Å²) in [5, 5.41) is 14.0. The molecule has 0 spiro atoms. The molecule has 13 heteroatoms. The summed E-state index contributed by atoms with van der Waals surface area (Å²) in [6.07, 6.45) is 11.9. The third-order valence-electron chi connectivity index (χ3n) is 12.1. The largest absolute Gasteiger partial charge is 0.378 e. The van der Waals surface area contributed by atoms with Crippen molar-refractivity contribution < 1.29 is 4.74 Å². The number of nitrogens with zero attached hydrogens (tertiary/aromatic N) is 8. The normalized spacial score (nSPS) is 20.7. The summed E-state index contributed by atoms with van der Waals surface area (Å²) >= 11 is 0. The number of aromatic nitrogens is 3. The van der Waals surface area contributed by atoms with E-state index in [2.05, 4.69) is 122 Å². The van der Waals surface area contributed by atoms with Crippen molar-refractivity contribution in [3.63, 3.8) is 0 Å². The highest BCUT2D eigenvalue weighted by molar-refractivity contribution is 5.41. The first-order valence-corrected chi connectivity index (χ1v) is 23.0. The van der Waals surface area contributed by atoms with E-state index in [0.29, 0.717) is 12.1 Å². The van der Waals surface area contributed by atoms with E-state index in [9.17, 15) is 0 Å². The predicted octanol–water partition coefficient (Wildman–Crippen LogP) is 5.00. The zero-order chi connectivity index (χ0) is 43.0. The van der Waals surface area contributed by atoms with Gasteiger partial charge in [0.15, 0.2) is 0 Å². The Balaban J connectivity index is 0.000000475. The Morgan fingerprint density at radius 2 is 1.07 bits per heavy atom. The molecule has 0 bridgehead atoms. The molecular weight excluding hydrogens is 725 g/mol. The topological polar surface area (TPSA) is 112 Å². The van der Waals surface area contributed by atoms with Crippen molar-refractivity contribution in [2.45, 2.75) is 161 Å². The van der Waals surface area contributed by atoms with Gasteiger partial charge in [0.05, 0.1) is 13.2 Å². The number of hydrogen-bond acceptors (Lipinski definition) is 13. The van der Waals surface area contributed by atoms with Crippen LogP contribution in [0.15, 0.2) is 0 Å². The Labute approximate surface area is 357 Å². The zero-order valence-electron chi connectivity index (χ0n) is 40.2. The van der Waals surface area contributed by atoms with Gasteiger partial charge in [0.1, 0.15) is 5.82 Å². The maximum Gasteiger partial charge on any atom is 0.230 e. The van der Waals surface area contributed by atoms with Crippen LogP contribution >= 0.6 is 0 Å². The van der Waals surface area contributed by atoms with E-state index in [-0.39, 0.29) is 22.2 Å². The maximum atomic E-state index is 5.59. The summed E-state index contributed by atoms with van der Waals surface area (Å²) in [5.41, 5.74) is 0.498. The van der Waals surface area contributed by atoms with Crippen LogP contribution < -0.4 is 31.1 Å². The minimum Gasteiger partial charge on any atom is -0.378 e. The first-order chi connectivity index (χ1) is 27.2. The van der Waals surface area contributed by atoms with Crippen LogP contribution in [-0.4, -0.2) is 178 Å². The third-order valence-corrected chi connectivity index (χ3v) is 12.1. The number of ether oxygens (including phenoxy) is 1. The number of piperidine rings is 2. The molecule has 338 valence electrons. The van der Waals surface area contributed by atoms with Gasteiger partial charge in [0.25, 0.3) is 0 Å². The molecule has 0 atom stereocenters. The van der Waals surface area contributed by atoms with Crippen molar-refractivity contribution in [1.82, 2.24) is 50.9 Å². The molecule has 1 aromatic heterocycles. The molecule has 0 aromatic carbocycles. The molecule has 0 radical (unpaired) electrons. The third kappa shape index (κ3) is 18.9. The summed E-state index contributed by atoms with van der Waals surface area (Å²) < 4.78 is 5.59. The molecule has 3 fully saturated rings. The highest BCUT2D eigenvalue weighted by Crippen LogP contribution is 2.34. The molecule has 4 rings (SSSR count). The fourth-order valence-corrected chi connectivity index (χ4v) is 9.80. The average Bonchev–Trinajstić information content (AvgIpc) is 3.11. The van der Waals surface area contributed by atoms with E-state index in [1.54, 1.807) is 0 Å². The summed E-state index contributed by atoms with van der Waals surface area (Å²) in [6, 6.07) is 1.03. The van der Waals surface area contributed by atoms with Crippen LogP contribution in [0.2, 0.25) is 0 Å².